The molecule has 1 N–H and O–H groups in total. The summed E-state index contributed by atoms with van der Waals surface area (Å²) in [6.45, 7) is 2.69. The highest BCUT2D eigenvalue weighted by atomic mass is 16.1. The number of nitrogens with zero attached hydrogens (tertiary/aromatic N) is 1. The summed E-state index contributed by atoms with van der Waals surface area (Å²) in [4.78, 5) is 16.3. The number of benzene rings is 2. The maximum atomic E-state index is 12.2. The Morgan fingerprint density at radius 2 is 1.87 bits per heavy atom. The Kier molecular flexibility index (Phi) is 4.67. The van der Waals surface area contributed by atoms with E-state index in [1.54, 1.807) is 18.3 Å². The van der Waals surface area contributed by atoms with Crippen LogP contribution in [-0.4, -0.2) is 10.9 Å². The highest BCUT2D eigenvalue weighted by Gasteiger charge is 2.10. The first-order valence-electron chi connectivity index (χ1n) is 7.98. The van der Waals surface area contributed by atoms with Gasteiger partial charge in [0.2, 0.25) is 0 Å². The third kappa shape index (κ3) is 3.39. The van der Waals surface area contributed by atoms with E-state index >= 15 is 0 Å². The first-order chi connectivity index (χ1) is 11.3. The Morgan fingerprint density at radius 1 is 1.04 bits per heavy atom. The van der Waals surface area contributed by atoms with Gasteiger partial charge >= 0.3 is 0 Å². The molecule has 0 aliphatic rings. The summed E-state index contributed by atoms with van der Waals surface area (Å²) in [5.41, 5.74) is 2.95. The van der Waals surface area contributed by atoms with Crippen LogP contribution in [0.3, 0.4) is 0 Å². The summed E-state index contributed by atoms with van der Waals surface area (Å²) in [6.07, 6.45) is 3.73. The topological polar surface area (TPSA) is 42.0 Å². The molecule has 1 amide bonds. The summed E-state index contributed by atoms with van der Waals surface area (Å²) in [6, 6.07) is 18.0. The van der Waals surface area contributed by atoms with E-state index in [1.807, 2.05) is 18.2 Å². The second kappa shape index (κ2) is 7.05. The van der Waals surface area contributed by atoms with Crippen LogP contribution in [0.5, 0.6) is 0 Å². The molecule has 3 aromatic rings. The van der Waals surface area contributed by atoms with Crippen molar-refractivity contribution in [1.82, 2.24) is 10.3 Å². The minimum absolute atomic E-state index is 0.138. The third-order valence-electron chi connectivity index (χ3n) is 3.98. The van der Waals surface area contributed by atoms with Crippen LogP contribution in [0.15, 0.2) is 60.8 Å². The van der Waals surface area contributed by atoms with E-state index in [0.717, 1.165) is 12.8 Å². The van der Waals surface area contributed by atoms with Crippen LogP contribution < -0.4 is 5.32 Å². The molecule has 3 heteroatoms. The number of carbonyl (C=O) groups is 1. The number of amides is 1. The van der Waals surface area contributed by atoms with Crippen molar-refractivity contribution in [3.05, 3.63) is 77.6 Å². The molecular weight excluding hydrogens is 284 g/mol. The quantitative estimate of drug-likeness (QED) is 0.770. The standard InChI is InChI=1S/C20H20N2O/c1-2-7-15-11-12-16-8-3-4-9-17(16)18(15)14-22-20(23)19-10-5-6-13-21-19/h3-6,8-13H,2,7,14H2,1H3,(H,22,23). The van der Waals surface area contributed by atoms with E-state index in [0.29, 0.717) is 12.2 Å². The zero-order chi connectivity index (χ0) is 16.1. The van der Waals surface area contributed by atoms with E-state index in [2.05, 4.69) is 41.5 Å². The van der Waals surface area contributed by atoms with Crippen molar-refractivity contribution < 1.29 is 4.79 Å². The summed E-state index contributed by atoms with van der Waals surface area (Å²) in [5.74, 6) is -0.138. The molecule has 0 fully saturated rings. The smallest absolute Gasteiger partial charge is 0.270 e. The van der Waals surface area contributed by atoms with Crippen LogP contribution in [0.1, 0.15) is 35.0 Å². The Labute approximate surface area is 136 Å². The van der Waals surface area contributed by atoms with Gasteiger partial charge in [0.1, 0.15) is 5.69 Å². The molecule has 1 aromatic heterocycles. The Balaban J connectivity index is 1.89. The van der Waals surface area contributed by atoms with E-state index in [9.17, 15) is 4.79 Å². The van der Waals surface area contributed by atoms with Gasteiger partial charge in [-0.3, -0.25) is 9.78 Å². The monoisotopic (exact) mass is 304 g/mol. The van der Waals surface area contributed by atoms with Crippen LogP contribution in [0.25, 0.3) is 10.8 Å². The Bertz CT molecular complexity index is 812. The molecule has 0 bridgehead atoms. The fraction of sp³-hybridized carbons (Fsp3) is 0.200. The molecule has 0 saturated heterocycles. The first kappa shape index (κ1) is 15.2. The van der Waals surface area contributed by atoms with Crippen molar-refractivity contribution in [2.24, 2.45) is 0 Å². The second-order valence-corrected chi connectivity index (χ2v) is 5.57. The predicted octanol–water partition coefficient (Wildman–Crippen LogP) is 4.12. The van der Waals surface area contributed by atoms with Gasteiger partial charge in [-0.1, -0.05) is 55.8 Å². The molecule has 0 aliphatic carbocycles. The molecule has 23 heavy (non-hydrogen) atoms. The average Bonchev–Trinajstić information content (AvgIpc) is 2.61. The number of fused-ring (bicyclic) bond motifs is 1. The fourth-order valence-electron chi connectivity index (χ4n) is 2.85. The predicted molar refractivity (Wildman–Crippen MR) is 93.4 cm³/mol. The van der Waals surface area contributed by atoms with Crippen molar-refractivity contribution in [3.8, 4) is 0 Å². The molecule has 3 rings (SSSR count). The van der Waals surface area contributed by atoms with Gasteiger partial charge in [0.05, 0.1) is 0 Å². The minimum Gasteiger partial charge on any atom is -0.347 e. The number of nitrogens with one attached hydrogen (secondary N) is 1. The lowest BCUT2D eigenvalue weighted by molar-refractivity contribution is 0.0946. The van der Waals surface area contributed by atoms with Gasteiger partial charge in [0.25, 0.3) is 5.91 Å². The largest absolute Gasteiger partial charge is 0.347 e. The first-order valence-corrected chi connectivity index (χ1v) is 7.98. The van der Waals surface area contributed by atoms with E-state index in [-0.39, 0.29) is 5.91 Å². The maximum absolute atomic E-state index is 12.2. The van der Waals surface area contributed by atoms with Crippen LogP contribution in [0, 0.1) is 0 Å². The Morgan fingerprint density at radius 3 is 2.65 bits per heavy atom. The molecule has 1 heterocycles. The van der Waals surface area contributed by atoms with Crippen molar-refractivity contribution in [2.75, 3.05) is 0 Å². The molecule has 116 valence electrons. The summed E-state index contributed by atoms with van der Waals surface area (Å²) in [5, 5.41) is 5.42. The zero-order valence-corrected chi connectivity index (χ0v) is 13.3. The fourth-order valence-corrected chi connectivity index (χ4v) is 2.85. The normalized spacial score (nSPS) is 10.7. The molecule has 0 spiro atoms. The molecule has 0 aliphatic heterocycles. The minimum atomic E-state index is -0.138. The lowest BCUT2D eigenvalue weighted by atomic mass is 9.96. The van der Waals surface area contributed by atoms with E-state index < -0.39 is 0 Å². The average molecular weight is 304 g/mol. The van der Waals surface area contributed by atoms with Gasteiger partial charge in [-0.2, -0.15) is 0 Å². The molecule has 0 saturated carbocycles. The molecule has 0 radical (unpaired) electrons. The van der Waals surface area contributed by atoms with Crippen LogP contribution in [0.4, 0.5) is 0 Å². The molecule has 2 aromatic carbocycles. The van der Waals surface area contributed by atoms with Crippen LogP contribution in [-0.2, 0) is 13.0 Å². The summed E-state index contributed by atoms with van der Waals surface area (Å²) < 4.78 is 0. The van der Waals surface area contributed by atoms with Gasteiger partial charge in [-0.25, -0.2) is 0 Å². The number of aromatic nitrogens is 1. The number of aryl methyl sites for hydroxylation is 1. The van der Waals surface area contributed by atoms with Gasteiger partial charge in [0.15, 0.2) is 0 Å². The molecule has 3 nitrogen and oxygen atoms in total. The SMILES string of the molecule is CCCc1ccc2ccccc2c1CNC(=O)c1ccccn1. The van der Waals surface area contributed by atoms with E-state index in [4.69, 9.17) is 0 Å². The van der Waals surface area contributed by atoms with Crippen molar-refractivity contribution in [3.63, 3.8) is 0 Å². The number of carbonyl (C=O) groups excluding carboxylic acids is 1. The van der Waals surface area contributed by atoms with Crippen molar-refractivity contribution >= 4 is 16.7 Å². The van der Waals surface area contributed by atoms with Gasteiger partial charge in [-0.15, -0.1) is 0 Å². The Hall–Kier alpha value is -2.68. The van der Waals surface area contributed by atoms with Gasteiger partial charge in [-0.05, 0) is 40.5 Å². The summed E-state index contributed by atoms with van der Waals surface area (Å²) in [7, 11) is 0. The lowest BCUT2D eigenvalue weighted by Crippen LogP contribution is -2.24. The highest BCUT2D eigenvalue weighted by Crippen LogP contribution is 2.23. The number of hydrogen-bond acceptors (Lipinski definition) is 2. The number of hydrogen-bond donors (Lipinski definition) is 1. The highest BCUT2D eigenvalue weighted by molar-refractivity contribution is 5.93. The van der Waals surface area contributed by atoms with Gasteiger partial charge < -0.3 is 5.32 Å². The van der Waals surface area contributed by atoms with Crippen LogP contribution >= 0.6 is 0 Å². The van der Waals surface area contributed by atoms with Gasteiger partial charge in [0, 0.05) is 12.7 Å². The van der Waals surface area contributed by atoms with E-state index in [1.165, 1.54) is 21.9 Å². The zero-order valence-electron chi connectivity index (χ0n) is 13.3. The van der Waals surface area contributed by atoms with Crippen LogP contribution in [0.2, 0.25) is 0 Å². The summed E-state index contributed by atoms with van der Waals surface area (Å²) >= 11 is 0. The second-order valence-electron chi connectivity index (χ2n) is 5.57. The molecule has 0 atom stereocenters. The van der Waals surface area contributed by atoms with Crippen molar-refractivity contribution in [1.29, 1.82) is 0 Å². The maximum Gasteiger partial charge on any atom is 0.270 e. The third-order valence-corrected chi connectivity index (χ3v) is 3.98. The van der Waals surface area contributed by atoms with Crippen molar-refractivity contribution in [2.45, 2.75) is 26.3 Å². The molecule has 0 unspecified atom stereocenters. The number of pyridine rings is 1. The number of rotatable bonds is 5. The lowest BCUT2D eigenvalue weighted by Gasteiger charge is -2.13. The molecular formula is C20H20N2O.